The maximum atomic E-state index is 11.2. The van der Waals surface area contributed by atoms with Gasteiger partial charge in [0.2, 0.25) is 0 Å². The van der Waals surface area contributed by atoms with Crippen molar-refractivity contribution in [3.05, 3.63) is 60.4 Å². The Bertz CT molecular complexity index is 398. The molecular weight excluding hydrogens is 218 g/mol. The van der Waals surface area contributed by atoms with Crippen LogP contribution in [0.3, 0.4) is 0 Å². The van der Waals surface area contributed by atoms with Gasteiger partial charge in [0.15, 0.2) is 0 Å². The van der Waals surface area contributed by atoms with Crippen molar-refractivity contribution in [2.24, 2.45) is 0 Å². The first-order chi connectivity index (χ1) is 8.22. The predicted molar refractivity (Wildman–Crippen MR) is 65.5 cm³/mol. The first kappa shape index (κ1) is 12.8. The SMILES string of the molecule is C=C/C=C(\O)CNC(=O)OCc1ccccc1. The summed E-state index contributed by atoms with van der Waals surface area (Å²) in [5.41, 5.74) is 0.911. The maximum Gasteiger partial charge on any atom is 0.407 e. The Kier molecular flexibility index (Phi) is 5.37. The molecule has 1 amide bonds. The number of nitrogens with one attached hydrogen (secondary N) is 1. The van der Waals surface area contributed by atoms with E-state index in [-0.39, 0.29) is 18.9 Å². The molecule has 0 atom stereocenters. The molecule has 90 valence electrons. The summed E-state index contributed by atoms with van der Waals surface area (Å²) < 4.78 is 4.94. The highest BCUT2D eigenvalue weighted by Crippen LogP contribution is 2.00. The molecule has 0 fully saturated rings. The molecule has 0 unspecified atom stereocenters. The lowest BCUT2D eigenvalue weighted by Crippen LogP contribution is -2.26. The second-order valence-corrected chi connectivity index (χ2v) is 3.31. The molecule has 1 rings (SSSR count). The van der Waals surface area contributed by atoms with E-state index < -0.39 is 6.09 Å². The van der Waals surface area contributed by atoms with Crippen LogP contribution in [0, 0.1) is 0 Å². The molecule has 0 aliphatic heterocycles. The van der Waals surface area contributed by atoms with Crippen LogP contribution in [0.1, 0.15) is 5.56 Å². The van der Waals surface area contributed by atoms with Gasteiger partial charge in [0.1, 0.15) is 12.4 Å². The first-order valence-electron chi connectivity index (χ1n) is 5.17. The Morgan fingerprint density at radius 3 is 2.76 bits per heavy atom. The van der Waals surface area contributed by atoms with Crippen molar-refractivity contribution in [2.75, 3.05) is 6.54 Å². The molecular formula is C13H15NO3. The number of allylic oxidation sites excluding steroid dienone is 2. The summed E-state index contributed by atoms with van der Waals surface area (Å²) in [6.07, 6.45) is 2.27. The molecule has 0 aliphatic rings. The van der Waals surface area contributed by atoms with Gasteiger partial charge in [-0.05, 0) is 11.6 Å². The largest absolute Gasteiger partial charge is 0.510 e. The summed E-state index contributed by atoms with van der Waals surface area (Å²) in [6, 6.07) is 9.36. The molecule has 0 aromatic heterocycles. The van der Waals surface area contributed by atoms with Gasteiger partial charge in [-0.2, -0.15) is 0 Å². The second-order valence-electron chi connectivity index (χ2n) is 3.31. The van der Waals surface area contributed by atoms with Gasteiger partial charge in [0.25, 0.3) is 0 Å². The quantitative estimate of drug-likeness (QED) is 0.607. The zero-order chi connectivity index (χ0) is 12.5. The van der Waals surface area contributed by atoms with Crippen LogP contribution < -0.4 is 5.32 Å². The minimum Gasteiger partial charge on any atom is -0.510 e. The maximum absolute atomic E-state index is 11.2. The Balaban J connectivity index is 2.26. The number of carbonyl (C=O) groups excluding carboxylic acids is 1. The van der Waals surface area contributed by atoms with E-state index >= 15 is 0 Å². The van der Waals surface area contributed by atoms with Gasteiger partial charge >= 0.3 is 6.09 Å². The Morgan fingerprint density at radius 1 is 1.41 bits per heavy atom. The Labute approximate surface area is 100 Å². The van der Waals surface area contributed by atoms with Gasteiger partial charge in [-0.25, -0.2) is 4.79 Å². The van der Waals surface area contributed by atoms with E-state index in [0.29, 0.717) is 0 Å². The van der Waals surface area contributed by atoms with Crippen molar-refractivity contribution < 1.29 is 14.6 Å². The van der Waals surface area contributed by atoms with E-state index in [1.807, 2.05) is 30.3 Å². The smallest absolute Gasteiger partial charge is 0.407 e. The predicted octanol–water partition coefficient (Wildman–Crippen LogP) is 2.54. The van der Waals surface area contributed by atoms with Crippen LogP contribution >= 0.6 is 0 Å². The molecule has 0 saturated heterocycles. The average Bonchev–Trinajstić information content (AvgIpc) is 2.35. The number of benzene rings is 1. The van der Waals surface area contributed by atoms with Crippen LogP contribution in [0.25, 0.3) is 0 Å². The van der Waals surface area contributed by atoms with Crippen molar-refractivity contribution >= 4 is 6.09 Å². The van der Waals surface area contributed by atoms with Crippen LogP contribution in [0.4, 0.5) is 4.79 Å². The summed E-state index contributed by atoms with van der Waals surface area (Å²) in [4.78, 5) is 11.2. The molecule has 4 heteroatoms. The van der Waals surface area contributed by atoms with Gasteiger partial charge in [-0.1, -0.05) is 43.0 Å². The lowest BCUT2D eigenvalue weighted by molar-refractivity contribution is 0.139. The number of alkyl carbamates (subject to hydrolysis) is 1. The van der Waals surface area contributed by atoms with Gasteiger partial charge in [0, 0.05) is 0 Å². The average molecular weight is 233 g/mol. The number of hydrogen-bond donors (Lipinski definition) is 2. The van der Waals surface area contributed by atoms with E-state index in [1.54, 1.807) is 0 Å². The third-order valence-electron chi connectivity index (χ3n) is 1.94. The van der Waals surface area contributed by atoms with E-state index in [4.69, 9.17) is 4.74 Å². The highest BCUT2D eigenvalue weighted by atomic mass is 16.5. The number of ether oxygens (including phenoxy) is 1. The van der Waals surface area contributed by atoms with Crippen molar-refractivity contribution in [1.82, 2.24) is 5.32 Å². The number of amides is 1. The molecule has 0 radical (unpaired) electrons. The monoisotopic (exact) mass is 233 g/mol. The molecule has 2 N–H and O–H groups in total. The molecule has 4 nitrogen and oxygen atoms in total. The number of hydrogen-bond acceptors (Lipinski definition) is 3. The molecule has 1 aromatic carbocycles. The molecule has 0 heterocycles. The lowest BCUT2D eigenvalue weighted by atomic mass is 10.2. The van der Waals surface area contributed by atoms with E-state index in [2.05, 4.69) is 11.9 Å². The van der Waals surface area contributed by atoms with Crippen LogP contribution in [0.5, 0.6) is 0 Å². The summed E-state index contributed by atoms with van der Waals surface area (Å²) in [6.45, 7) is 3.66. The molecule has 17 heavy (non-hydrogen) atoms. The third kappa shape index (κ3) is 5.41. The van der Waals surface area contributed by atoms with Gasteiger partial charge in [0.05, 0.1) is 6.54 Å². The van der Waals surface area contributed by atoms with Crippen molar-refractivity contribution in [1.29, 1.82) is 0 Å². The minimum absolute atomic E-state index is 0.0247. The fraction of sp³-hybridized carbons (Fsp3) is 0.154. The highest BCUT2D eigenvalue weighted by Gasteiger charge is 2.02. The van der Waals surface area contributed by atoms with Gasteiger partial charge in [-0.3, -0.25) is 0 Å². The zero-order valence-corrected chi connectivity index (χ0v) is 9.43. The fourth-order valence-corrected chi connectivity index (χ4v) is 1.13. The third-order valence-corrected chi connectivity index (χ3v) is 1.94. The summed E-state index contributed by atoms with van der Waals surface area (Å²) in [5.74, 6) is 0.0247. The Morgan fingerprint density at radius 2 is 2.12 bits per heavy atom. The highest BCUT2D eigenvalue weighted by molar-refractivity contribution is 5.67. The zero-order valence-electron chi connectivity index (χ0n) is 9.43. The van der Waals surface area contributed by atoms with Crippen LogP contribution in [-0.2, 0) is 11.3 Å². The minimum atomic E-state index is -0.571. The number of rotatable bonds is 5. The molecule has 1 aromatic rings. The lowest BCUT2D eigenvalue weighted by Gasteiger charge is -2.06. The standard InChI is InChI=1S/C13H15NO3/c1-2-6-12(15)9-14-13(16)17-10-11-7-4-3-5-8-11/h2-8,15H,1,9-10H2,(H,14,16)/b12-6-. The first-order valence-corrected chi connectivity index (χ1v) is 5.17. The van der Waals surface area contributed by atoms with Gasteiger partial charge in [-0.15, -0.1) is 0 Å². The van der Waals surface area contributed by atoms with E-state index in [0.717, 1.165) is 5.56 Å². The molecule has 0 saturated carbocycles. The van der Waals surface area contributed by atoms with Crippen LogP contribution in [-0.4, -0.2) is 17.7 Å². The molecule has 0 spiro atoms. The van der Waals surface area contributed by atoms with Gasteiger partial charge < -0.3 is 15.2 Å². The topological polar surface area (TPSA) is 58.6 Å². The Hall–Kier alpha value is -2.23. The fourth-order valence-electron chi connectivity index (χ4n) is 1.13. The number of aliphatic hydroxyl groups is 1. The number of carbonyl (C=O) groups is 1. The number of aliphatic hydroxyl groups excluding tert-OH is 1. The summed E-state index contributed by atoms with van der Waals surface area (Å²) >= 11 is 0. The summed E-state index contributed by atoms with van der Waals surface area (Å²) in [5, 5.41) is 11.6. The van der Waals surface area contributed by atoms with Crippen LogP contribution in [0.2, 0.25) is 0 Å². The van der Waals surface area contributed by atoms with Crippen molar-refractivity contribution in [3.63, 3.8) is 0 Å². The van der Waals surface area contributed by atoms with Crippen molar-refractivity contribution in [2.45, 2.75) is 6.61 Å². The summed E-state index contributed by atoms with van der Waals surface area (Å²) in [7, 11) is 0. The van der Waals surface area contributed by atoms with Crippen LogP contribution in [0.15, 0.2) is 54.8 Å². The normalized spacial score (nSPS) is 10.7. The second kappa shape index (κ2) is 7.11. The van der Waals surface area contributed by atoms with E-state index in [9.17, 15) is 9.90 Å². The molecule has 0 aliphatic carbocycles. The van der Waals surface area contributed by atoms with Crippen molar-refractivity contribution in [3.8, 4) is 0 Å². The van der Waals surface area contributed by atoms with E-state index in [1.165, 1.54) is 12.2 Å². The molecule has 0 bridgehead atoms.